The maximum Gasteiger partial charge on any atom is -0.0162 e. The Balaban J connectivity index is 1.38. The van der Waals surface area contributed by atoms with E-state index >= 15 is 0 Å². The minimum Gasteiger partial charge on any atom is -0.0654 e. The van der Waals surface area contributed by atoms with Crippen LogP contribution >= 0.6 is 0 Å². The van der Waals surface area contributed by atoms with Gasteiger partial charge in [-0.25, -0.2) is 0 Å². The van der Waals surface area contributed by atoms with Gasteiger partial charge in [-0.15, -0.1) is 0 Å². The fourth-order valence-electron chi connectivity index (χ4n) is 6.15. The van der Waals surface area contributed by atoms with Gasteiger partial charge in [0.1, 0.15) is 0 Å². The largest absolute Gasteiger partial charge is 0.0654 e. The monoisotopic (exact) mass is 396 g/mol. The van der Waals surface area contributed by atoms with Gasteiger partial charge in [0.05, 0.1) is 0 Å². The average Bonchev–Trinajstić information content (AvgIpc) is 2.78. The summed E-state index contributed by atoms with van der Waals surface area (Å²) in [5, 5.41) is 0. The highest BCUT2D eigenvalue weighted by Gasteiger charge is 2.24. The highest BCUT2D eigenvalue weighted by Crippen LogP contribution is 2.40. The molecular formula is C29H48. The van der Waals surface area contributed by atoms with E-state index in [4.69, 9.17) is 0 Å². The zero-order chi connectivity index (χ0) is 20.3. The summed E-state index contributed by atoms with van der Waals surface area (Å²) >= 11 is 0. The molecule has 0 heteroatoms. The van der Waals surface area contributed by atoms with Gasteiger partial charge in [0.15, 0.2) is 0 Å². The van der Waals surface area contributed by atoms with Crippen molar-refractivity contribution in [3.05, 3.63) is 35.4 Å². The quantitative estimate of drug-likeness (QED) is 0.326. The van der Waals surface area contributed by atoms with Gasteiger partial charge >= 0.3 is 0 Å². The minimum absolute atomic E-state index is 0.838. The van der Waals surface area contributed by atoms with Crippen LogP contribution in [0.25, 0.3) is 0 Å². The van der Waals surface area contributed by atoms with Crippen molar-refractivity contribution in [2.24, 2.45) is 11.8 Å². The lowest BCUT2D eigenvalue weighted by Crippen LogP contribution is -2.14. The van der Waals surface area contributed by atoms with Crippen LogP contribution in [0.4, 0.5) is 0 Å². The first kappa shape index (κ1) is 22.9. The molecule has 29 heavy (non-hydrogen) atoms. The maximum atomic E-state index is 2.49. The second-order valence-corrected chi connectivity index (χ2v) is 10.4. The van der Waals surface area contributed by atoms with Gasteiger partial charge in [-0.1, -0.05) is 95.9 Å². The number of benzene rings is 1. The lowest BCUT2D eigenvalue weighted by atomic mass is 9.75. The fraction of sp³-hybridized carbons (Fsp3) is 0.793. The van der Waals surface area contributed by atoms with Crippen LogP contribution in [-0.2, 0) is 0 Å². The van der Waals surface area contributed by atoms with E-state index in [1.54, 1.807) is 11.1 Å². The van der Waals surface area contributed by atoms with E-state index in [1.807, 2.05) is 0 Å². The third-order valence-corrected chi connectivity index (χ3v) is 8.25. The molecule has 3 rings (SSSR count). The molecule has 0 spiro atoms. The molecule has 0 unspecified atom stereocenters. The van der Waals surface area contributed by atoms with Gasteiger partial charge < -0.3 is 0 Å². The fourth-order valence-corrected chi connectivity index (χ4v) is 6.15. The number of hydrogen-bond donors (Lipinski definition) is 0. The lowest BCUT2D eigenvalue weighted by molar-refractivity contribution is 0.300. The molecule has 0 N–H and O–H groups in total. The Morgan fingerprint density at radius 3 is 1.31 bits per heavy atom. The molecule has 2 aliphatic rings. The van der Waals surface area contributed by atoms with Gasteiger partial charge in [-0.05, 0) is 86.2 Å². The van der Waals surface area contributed by atoms with Crippen molar-refractivity contribution in [1.82, 2.24) is 0 Å². The van der Waals surface area contributed by atoms with E-state index in [0.29, 0.717) is 0 Å². The summed E-state index contributed by atoms with van der Waals surface area (Å²) in [6, 6.07) is 9.98. The molecule has 0 bridgehead atoms. The van der Waals surface area contributed by atoms with Crippen LogP contribution in [0.3, 0.4) is 0 Å². The van der Waals surface area contributed by atoms with Crippen LogP contribution in [0, 0.1) is 11.8 Å². The van der Waals surface area contributed by atoms with Crippen LogP contribution in [0.15, 0.2) is 24.3 Å². The Bertz CT molecular complexity index is 526. The van der Waals surface area contributed by atoms with E-state index in [0.717, 1.165) is 23.7 Å². The molecular weight excluding hydrogens is 348 g/mol. The smallest absolute Gasteiger partial charge is 0.0162 e. The first-order chi connectivity index (χ1) is 14.3. The van der Waals surface area contributed by atoms with Crippen LogP contribution in [0.1, 0.15) is 146 Å². The van der Waals surface area contributed by atoms with Gasteiger partial charge in [-0.3, -0.25) is 0 Å². The summed E-state index contributed by atoms with van der Waals surface area (Å²) in [6.45, 7) is 4.64. The molecule has 1 aromatic rings. The summed E-state index contributed by atoms with van der Waals surface area (Å²) in [5.74, 6) is 3.72. The summed E-state index contributed by atoms with van der Waals surface area (Å²) < 4.78 is 0. The Labute approximate surface area is 182 Å². The second-order valence-electron chi connectivity index (χ2n) is 10.4. The Morgan fingerprint density at radius 1 is 0.517 bits per heavy atom. The predicted octanol–water partition coefficient (Wildman–Crippen LogP) is 9.78. The molecule has 1 aromatic carbocycles. The zero-order valence-corrected chi connectivity index (χ0v) is 19.6. The van der Waals surface area contributed by atoms with Crippen molar-refractivity contribution in [3.8, 4) is 0 Å². The van der Waals surface area contributed by atoms with E-state index in [1.165, 1.54) is 109 Å². The predicted molar refractivity (Wildman–Crippen MR) is 129 cm³/mol. The van der Waals surface area contributed by atoms with Gasteiger partial charge in [0, 0.05) is 0 Å². The first-order valence-electron chi connectivity index (χ1n) is 13.4. The van der Waals surface area contributed by atoms with Gasteiger partial charge in [0.2, 0.25) is 0 Å². The molecule has 0 radical (unpaired) electrons. The number of rotatable bonds is 11. The van der Waals surface area contributed by atoms with E-state index in [-0.39, 0.29) is 0 Å². The number of unbranched alkanes of at least 4 members (excludes halogenated alkanes) is 5. The maximum absolute atomic E-state index is 2.49. The Morgan fingerprint density at radius 2 is 0.897 bits per heavy atom. The summed E-state index contributed by atoms with van der Waals surface area (Å²) in [7, 11) is 0. The minimum atomic E-state index is 0.838. The van der Waals surface area contributed by atoms with Crippen molar-refractivity contribution >= 4 is 0 Å². The molecule has 164 valence electrons. The highest BCUT2D eigenvalue weighted by atomic mass is 14.3. The van der Waals surface area contributed by atoms with Crippen LogP contribution in [-0.4, -0.2) is 0 Å². The third-order valence-electron chi connectivity index (χ3n) is 8.25. The summed E-state index contributed by atoms with van der Waals surface area (Å²) in [4.78, 5) is 0. The lowest BCUT2D eigenvalue weighted by Gasteiger charge is -2.30. The third kappa shape index (κ3) is 7.45. The van der Waals surface area contributed by atoms with Gasteiger partial charge in [0.25, 0.3) is 0 Å². The second kappa shape index (κ2) is 12.8. The zero-order valence-electron chi connectivity index (χ0n) is 19.6. The highest BCUT2D eigenvalue weighted by molar-refractivity contribution is 5.28. The normalized spacial score (nSPS) is 27.8. The van der Waals surface area contributed by atoms with Crippen LogP contribution in [0.2, 0.25) is 0 Å². The van der Waals surface area contributed by atoms with E-state index < -0.39 is 0 Å². The molecule has 0 nitrogen and oxygen atoms in total. The molecule has 2 aliphatic carbocycles. The molecule has 0 atom stereocenters. The average molecular weight is 397 g/mol. The topological polar surface area (TPSA) is 0 Å². The Hall–Kier alpha value is -0.780. The summed E-state index contributed by atoms with van der Waals surface area (Å²) in [5.41, 5.74) is 3.26. The van der Waals surface area contributed by atoms with Crippen molar-refractivity contribution in [3.63, 3.8) is 0 Å². The van der Waals surface area contributed by atoms with Crippen molar-refractivity contribution in [2.75, 3.05) is 0 Å². The van der Waals surface area contributed by atoms with Crippen LogP contribution < -0.4 is 0 Å². The van der Waals surface area contributed by atoms with Crippen molar-refractivity contribution in [1.29, 1.82) is 0 Å². The molecule has 0 aliphatic heterocycles. The standard InChI is InChI=1S/C29H48/c1-3-5-7-9-11-25-14-18-27(19-15-25)29-22-20-28(21-23-29)26-16-12-24(13-17-26)10-8-6-4-2/h20-27H,3-19H2,1-2H3. The molecule has 0 amide bonds. The first-order valence-corrected chi connectivity index (χ1v) is 13.4. The molecule has 2 saturated carbocycles. The van der Waals surface area contributed by atoms with E-state index in [9.17, 15) is 0 Å². The molecule has 2 fully saturated rings. The SMILES string of the molecule is CCCCCCC1CCC(c2ccc(C3CCC(CCCCC)CC3)cc2)CC1. The van der Waals surface area contributed by atoms with Crippen LogP contribution in [0.5, 0.6) is 0 Å². The number of hydrogen-bond acceptors (Lipinski definition) is 0. The Kier molecular flexibility index (Phi) is 10.1. The van der Waals surface area contributed by atoms with E-state index in [2.05, 4.69) is 38.1 Å². The molecule has 0 aromatic heterocycles. The molecule has 0 saturated heterocycles. The molecule has 0 heterocycles. The van der Waals surface area contributed by atoms with Crippen molar-refractivity contribution < 1.29 is 0 Å². The van der Waals surface area contributed by atoms with Gasteiger partial charge in [-0.2, -0.15) is 0 Å². The summed E-state index contributed by atoms with van der Waals surface area (Å²) in [6.07, 6.45) is 24.6. The van der Waals surface area contributed by atoms with Crippen molar-refractivity contribution in [2.45, 2.75) is 135 Å².